The topological polar surface area (TPSA) is 47.1 Å². The summed E-state index contributed by atoms with van der Waals surface area (Å²) >= 11 is 0. The van der Waals surface area contributed by atoms with Gasteiger partial charge in [-0.15, -0.1) is 0 Å². The van der Waals surface area contributed by atoms with Gasteiger partial charge in [0, 0.05) is 12.6 Å². The van der Waals surface area contributed by atoms with Gasteiger partial charge < -0.3 is 10.6 Å². The number of anilines is 1. The SMILES string of the molecule is CN1CCCC(c2cccc(-c3cnn(C)c3N)c2)CC1. The minimum atomic E-state index is 0.660. The number of aromatic nitrogens is 2. The molecule has 112 valence electrons. The molecule has 2 aromatic rings. The van der Waals surface area contributed by atoms with Crippen LogP contribution in [0.3, 0.4) is 0 Å². The molecular formula is C17H24N4. The van der Waals surface area contributed by atoms with Crippen molar-refractivity contribution in [2.24, 2.45) is 7.05 Å². The normalized spacial score (nSPS) is 20.4. The van der Waals surface area contributed by atoms with Crippen LogP contribution < -0.4 is 5.73 Å². The first-order valence-corrected chi connectivity index (χ1v) is 7.71. The van der Waals surface area contributed by atoms with Gasteiger partial charge in [0.1, 0.15) is 5.82 Å². The standard InChI is InChI=1S/C17H24N4/c1-20-9-4-7-13(8-10-20)14-5-3-6-15(11-14)16-12-19-21(2)17(16)18/h3,5-6,11-13H,4,7-10,18H2,1-2H3. The second-order valence-electron chi connectivity index (χ2n) is 6.12. The summed E-state index contributed by atoms with van der Waals surface area (Å²) in [5.74, 6) is 1.39. The van der Waals surface area contributed by atoms with E-state index in [4.69, 9.17) is 5.73 Å². The first-order chi connectivity index (χ1) is 10.1. The minimum absolute atomic E-state index is 0.660. The van der Waals surface area contributed by atoms with Gasteiger partial charge in [0.15, 0.2) is 0 Å². The van der Waals surface area contributed by atoms with Crippen LogP contribution in [-0.2, 0) is 7.05 Å². The highest BCUT2D eigenvalue weighted by Crippen LogP contribution is 2.32. The van der Waals surface area contributed by atoms with E-state index in [1.807, 2.05) is 13.2 Å². The Balaban J connectivity index is 1.88. The molecule has 0 bridgehead atoms. The molecule has 1 atom stereocenters. The molecule has 1 unspecified atom stereocenters. The first kappa shape index (κ1) is 14.1. The summed E-state index contributed by atoms with van der Waals surface area (Å²) in [6.07, 6.45) is 5.65. The van der Waals surface area contributed by atoms with Crippen molar-refractivity contribution in [1.82, 2.24) is 14.7 Å². The number of benzene rings is 1. The van der Waals surface area contributed by atoms with E-state index >= 15 is 0 Å². The largest absolute Gasteiger partial charge is 0.383 e. The Morgan fingerprint density at radius 1 is 1.19 bits per heavy atom. The summed E-state index contributed by atoms with van der Waals surface area (Å²) in [5.41, 5.74) is 9.75. The van der Waals surface area contributed by atoms with Crippen LogP contribution in [0.4, 0.5) is 5.82 Å². The van der Waals surface area contributed by atoms with Crippen LogP contribution in [0.5, 0.6) is 0 Å². The van der Waals surface area contributed by atoms with Crippen molar-refractivity contribution in [2.75, 3.05) is 25.9 Å². The Morgan fingerprint density at radius 2 is 2.05 bits per heavy atom. The zero-order chi connectivity index (χ0) is 14.8. The smallest absolute Gasteiger partial charge is 0.129 e. The van der Waals surface area contributed by atoms with Gasteiger partial charge >= 0.3 is 0 Å². The molecule has 2 heterocycles. The van der Waals surface area contributed by atoms with Gasteiger partial charge in [-0.05, 0) is 56.4 Å². The summed E-state index contributed by atoms with van der Waals surface area (Å²) in [6, 6.07) is 8.82. The van der Waals surface area contributed by atoms with E-state index in [2.05, 4.69) is 41.3 Å². The van der Waals surface area contributed by atoms with Crippen LogP contribution in [0, 0.1) is 0 Å². The maximum Gasteiger partial charge on any atom is 0.129 e. The molecule has 4 heteroatoms. The Kier molecular flexibility index (Phi) is 3.97. The molecule has 0 aliphatic carbocycles. The van der Waals surface area contributed by atoms with Gasteiger partial charge in [-0.1, -0.05) is 24.3 Å². The van der Waals surface area contributed by atoms with Crippen molar-refractivity contribution >= 4 is 5.82 Å². The highest BCUT2D eigenvalue weighted by Gasteiger charge is 2.17. The second kappa shape index (κ2) is 5.90. The van der Waals surface area contributed by atoms with E-state index in [1.165, 1.54) is 43.5 Å². The van der Waals surface area contributed by atoms with E-state index in [0.29, 0.717) is 5.92 Å². The fourth-order valence-corrected chi connectivity index (χ4v) is 3.20. The third-order valence-corrected chi connectivity index (χ3v) is 4.61. The summed E-state index contributed by atoms with van der Waals surface area (Å²) in [5, 5.41) is 4.24. The predicted molar refractivity (Wildman–Crippen MR) is 87.1 cm³/mol. The van der Waals surface area contributed by atoms with Crippen LogP contribution in [-0.4, -0.2) is 34.8 Å². The molecule has 0 amide bonds. The maximum atomic E-state index is 6.10. The number of rotatable bonds is 2. The number of hydrogen-bond donors (Lipinski definition) is 1. The van der Waals surface area contributed by atoms with E-state index in [0.717, 1.165) is 11.4 Å². The molecule has 0 radical (unpaired) electrons. The molecule has 0 spiro atoms. The van der Waals surface area contributed by atoms with Gasteiger partial charge in [-0.25, -0.2) is 0 Å². The Hall–Kier alpha value is -1.81. The fourth-order valence-electron chi connectivity index (χ4n) is 3.20. The number of hydrogen-bond acceptors (Lipinski definition) is 3. The quantitative estimate of drug-likeness (QED) is 0.922. The second-order valence-corrected chi connectivity index (χ2v) is 6.12. The number of likely N-dealkylation sites (tertiary alicyclic amines) is 1. The fraction of sp³-hybridized carbons (Fsp3) is 0.471. The summed E-state index contributed by atoms with van der Waals surface area (Å²) in [4.78, 5) is 2.43. The first-order valence-electron chi connectivity index (χ1n) is 7.71. The van der Waals surface area contributed by atoms with E-state index in [9.17, 15) is 0 Å². The van der Waals surface area contributed by atoms with Crippen molar-refractivity contribution < 1.29 is 0 Å². The lowest BCUT2D eigenvalue weighted by Crippen LogP contribution is -2.18. The molecule has 3 rings (SSSR count). The minimum Gasteiger partial charge on any atom is -0.383 e. The van der Waals surface area contributed by atoms with Crippen LogP contribution in [0.1, 0.15) is 30.7 Å². The Morgan fingerprint density at radius 3 is 2.81 bits per heavy atom. The van der Waals surface area contributed by atoms with Crippen LogP contribution >= 0.6 is 0 Å². The molecule has 1 aliphatic heterocycles. The molecule has 1 aliphatic rings. The van der Waals surface area contributed by atoms with Crippen molar-refractivity contribution in [3.05, 3.63) is 36.0 Å². The van der Waals surface area contributed by atoms with Gasteiger partial charge in [-0.3, -0.25) is 4.68 Å². The molecule has 2 N–H and O–H groups in total. The van der Waals surface area contributed by atoms with Crippen molar-refractivity contribution in [1.29, 1.82) is 0 Å². The average molecular weight is 284 g/mol. The van der Waals surface area contributed by atoms with Gasteiger partial charge in [0.05, 0.1) is 6.20 Å². The van der Waals surface area contributed by atoms with Crippen molar-refractivity contribution in [2.45, 2.75) is 25.2 Å². The molecule has 1 aromatic carbocycles. The molecule has 1 saturated heterocycles. The predicted octanol–water partition coefficient (Wildman–Crippen LogP) is 2.87. The number of nitrogens with two attached hydrogens (primary N) is 1. The maximum absolute atomic E-state index is 6.10. The van der Waals surface area contributed by atoms with E-state index < -0.39 is 0 Å². The van der Waals surface area contributed by atoms with E-state index in [-0.39, 0.29) is 0 Å². The summed E-state index contributed by atoms with van der Waals surface area (Å²) in [7, 11) is 4.10. The lowest BCUT2D eigenvalue weighted by molar-refractivity contribution is 0.347. The summed E-state index contributed by atoms with van der Waals surface area (Å²) in [6.45, 7) is 2.40. The summed E-state index contributed by atoms with van der Waals surface area (Å²) < 4.78 is 1.72. The Labute approximate surface area is 126 Å². The van der Waals surface area contributed by atoms with Crippen LogP contribution in [0.15, 0.2) is 30.5 Å². The monoisotopic (exact) mass is 284 g/mol. The van der Waals surface area contributed by atoms with Crippen LogP contribution in [0.2, 0.25) is 0 Å². The zero-order valence-corrected chi connectivity index (χ0v) is 12.9. The Bertz CT molecular complexity index is 617. The molecular weight excluding hydrogens is 260 g/mol. The van der Waals surface area contributed by atoms with Gasteiger partial charge in [-0.2, -0.15) is 5.10 Å². The molecule has 1 aromatic heterocycles. The highest BCUT2D eigenvalue weighted by atomic mass is 15.3. The highest BCUT2D eigenvalue weighted by molar-refractivity contribution is 5.73. The lowest BCUT2D eigenvalue weighted by atomic mass is 9.90. The lowest BCUT2D eigenvalue weighted by Gasteiger charge is -2.16. The van der Waals surface area contributed by atoms with Crippen molar-refractivity contribution in [3.8, 4) is 11.1 Å². The number of nitrogen functional groups attached to an aromatic ring is 1. The average Bonchev–Trinajstić information content (AvgIpc) is 2.70. The number of nitrogens with zero attached hydrogens (tertiary/aromatic N) is 3. The van der Waals surface area contributed by atoms with E-state index in [1.54, 1.807) is 4.68 Å². The third-order valence-electron chi connectivity index (χ3n) is 4.61. The third kappa shape index (κ3) is 2.95. The molecule has 0 saturated carbocycles. The molecule has 4 nitrogen and oxygen atoms in total. The molecule has 1 fully saturated rings. The number of aryl methyl sites for hydroxylation is 1. The van der Waals surface area contributed by atoms with Crippen molar-refractivity contribution in [3.63, 3.8) is 0 Å². The molecule has 21 heavy (non-hydrogen) atoms. The van der Waals surface area contributed by atoms with Gasteiger partial charge in [0.2, 0.25) is 0 Å². The van der Waals surface area contributed by atoms with Gasteiger partial charge in [0.25, 0.3) is 0 Å². The zero-order valence-electron chi connectivity index (χ0n) is 12.9. The van der Waals surface area contributed by atoms with Crippen LogP contribution in [0.25, 0.3) is 11.1 Å².